The van der Waals surface area contributed by atoms with Gasteiger partial charge in [0.2, 0.25) is 0 Å². The molecule has 0 aliphatic carbocycles. The third-order valence-electron chi connectivity index (χ3n) is 6.20. The van der Waals surface area contributed by atoms with Crippen LogP contribution in [-0.2, 0) is 23.9 Å². The van der Waals surface area contributed by atoms with Crippen LogP contribution in [0.5, 0.6) is 0 Å². The number of fused-ring (bicyclic) bond motifs is 1. The average Bonchev–Trinajstić information content (AvgIpc) is 2.88. The molecule has 0 amide bonds. The van der Waals surface area contributed by atoms with Gasteiger partial charge in [-0.1, -0.05) is 29.5 Å². The number of carboxylic acids is 1. The molecular formula is C26H22F4N4O4. The van der Waals surface area contributed by atoms with Crippen LogP contribution in [0.2, 0.25) is 0 Å². The summed E-state index contributed by atoms with van der Waals surface area (Å²) in [5.74, 6) is -3.25. The second-order valence-electron chi connectivity index (χ2n) is 8.72. The Bertz CT molecular complexity index is 1490. The molecule has 2 aromatic heterocycles. The molecule has 0 radical (unpaired) electrons. The highest BCUT2D eigenvalue weighted by atomic mass is 19.4. The molecule has 0 fully saturated rings. The molecule has 38 heavy (non-hydrogen) atoms. The smallest absolute Gasteiger partial charge is 0.416 e. The molecule has 0 aliphatic rings. The third kappa shape index (κ3) is 6.02. The summed E-state index contributed by atoms with van der Waals surface area (Å²) >= 11 is 0. The van der Waals surface area contributed by atoms with E-state index in [-0.39, 0.29) is 36.7 Å². The highest BCUT2D eigenvalue weighted by Crippen LogP contribution is 2.30. The van der Waals surface area contributed by atoms with E-state index in [1.807, 2.05) is 0 Å². The van der Waals surface area contributed by atoms with Gasteiger partial charge in [0, 0.05) is 18.3 Å². The Morgan fingerprint density at radius 3 is 2.39 bits per heavy atom. The molecule has 0 saturated heterocycles. The number of alkyl halides is 3. The zero-order valence-corrected chi connectivity index (χ0v) is 19.8. The van der Waals surface area contributed by atoms with Crippen molar-refractivity contribution in [3.05, 3.63) is 88.1 Å². The summed E-state index contributed by atoms with van der Waals surface area (Å²) in [6.07, 6.45) is -3.97. The molecule has 0 bridgehead atoms. The molecule has 0 saturated carbocycles. The van der Waals surface area contributed by atoms with Crippen molar-refractivity contribution in [1.29, 1.82) is 0 Å². The van der Waals surface area contributed by atoms with E-state index in [1.54, 1.807) is 12.1 Å². The first kappa shape index (κ1) is 26.9. The largest absolute Gasteiger partial charge is 0.481 e. The number of aryl methyl sites for hydroxylation is 2. The molecule has 198 valence electrons. The number of carboxylic acid groups (broad SMARTS) is 1. The highest BCUT2D eigenvalue weighted by Gasteiger charge is 2.30. The number of pyridine rings is 1. The second-order valence-corrected chi connectivity index (χ2v) is 8.72. The van der Waals surface area contributed by atoms with Gasteiger partial charge in [-0.05, 0) is 55.2 Å². The quantitative estimate of drug-likeness (QED) is 0.313. The van der Waals surface area contributed by atoms with Crippen LogP contribution in [0.3, 0.4) is 0 Å². The molecule has 4 rings (SSSR count). The lowest BCUT2D eigenvalue weighted by molar-refractivity contribution is -0.146. The van der Waals surface area contributed by atoms with Crippen molar-refractivity contribution in [1.82, 2.24) is 20.0 Å². The standard InChI is InChI=1S/C26H22F4N4O4/c27-19-2-1-3-21-23(19)24(36)34(33-32-21)13-12-18(25(37)38)22(35)11-5-15-4-10-20(31-14-15)16-6-8-17(9-7-16)26(28,29)30/h1-4,6-10,14,18,22,35H,5,11-13H2,(H,37,38)/t18-,22+/m0/s1. The molecule has 0 unspecified atom stereocenters. The van der Waals surface area contributed by atoms with Crippen LogP contribution in [0.1, 0.15) is 24.0 Å². The van der Waals surface area contributed by atoms with Gasteiger partial charge in [-0.15, -0.1) is 5.10 Å². The van der Waals surface area contributed by atoms with Crippen molar-refractivity contribution in [3.8, 4) is 11.3 Å². The van der Waals surface area contributed by atoms with E-state index >= 15 is 0 Å². The number of hydrogen-bond donors (Lipinski definition) is 2. The normalized spacial score (nSPS) is 13.4. The van der Waals surface area contributed by atoms with Crippen LogP contribution in [0.25, 0.3) is 22.2 Å². The summed E-state index contributed by atoms with van der Waals surface area (Å²) in [4.78, 5) is 28.6. The Balaban J connectivity index is 1.38. The molecule has 12 heteroatoms. The van der Waals surface area contributed by atoms with Crippen molar-refractivity contribution in [2.75, 3.05) is 0 Å². The van der Waals surface area contributed by atoms with Crippen LogP contribution in [0, 0.1) is 11.7 Å². The van der Waals surface area contributed by atoms with E-state index in [1.165, 1.54) is 30.5 Å². The number of aliphatic hydroxyl groups excluding tert-OH is 1. The summed E-state index contributed by atoms with van der Waals surface area (Å²) in [7, 11) is 0. The van der Waals surface area contributed by atoms with Crippen molar-refractivity contribution in [3.63, 3.8) is 0 Å². The average molecular weight is 530 g/mol. The van der Waals surface area contributed by atoms with Gasteiger partial charge in [0.05, 0.1) is 23.3 Å². The topological polar surface area (TPSA) is 118 Å². The Kier molecular flexibility index (Phi) is 7.81. The summed E-state index contributed by atoms with van der Waals surface area (Å²) in [6, 6.07) is 11.9. The van der Waals surface area contributed by atoms with E-state index < -0.39 is 41.1 Å². The van der Waals surface area contributed by atoms with Crippen molar-refractivity contribution in [2.24, 2.45) is 5.92 Å². The predicted octanol–water partition coefficient (Wildman–Crippen LogP) is 4.10. The van der Waals surface area contributed by atoms with Crippen molar-refractivity contribution >= 4 is 16.9 Å². The van der Waals surface area contributed by atoms with Crippen molar-refractivity contribution < 1.29 is 32.6 Å². The molecule has 2 heterocycles. The molecule has 8 nitrogen and oxygen atoms in total. The fourth-order valence-electron chi connectivity index (χ4n) is 4.06. The molecular weight excluding hydrogens is 508 g/mol. The summed E-state index contributed by atoms with van der Waals surface area (Å²) in [5.41, 5.74) is 0.234. The van der Waals surface area contributed by atoms with Gasteiger partial charge in [-0.3, -0.25) is 14.6 Å². The van der Waals surface area contributed by atoms with Crippen LogP contribution < -0.4 is 5.56 Å². The van der Waals surface area contributed by atoms with E-state index in [2.05, 4.69) is 15.3 Å². The van der Waals surface area contributed by atoms with Crippen molar-refractivity contribution in [2.45, 2.75) is 38.1 Å². The summed E-state index contributed by atoms with van der Waals surface area (Å²) in [6.45, 7) is -0.187. The fourth-order valence-corrected chi connectivity index (χ4v) is 4.06. The SMILES string of the molecule is O=C(O)[C@@H](CCn1nnc2cccc(F)c2c1=O)[C@H](O)CCc1ccc(-c2ccc(C(F)(F)F)cc2)nc1. The second kappa shape index (κ2) is 11.1. The molecule has 0 spiro atoms. The molecule has 4 aromatic rings. The van der Waals surface area contributed by atoms with Gasteiger partial charge in [-0.2, -0.15) is 13.2 Å². The summed E-state index contributed by atoms with van der Waals surface area (Å²) < 4.78 is 53.2. The van der Waals surface area contributed by atoms with Gasteiger partial charge in [0.25, 0.3) is 5.56 Å². The van der Waals surface area contributed by atoms with E-state index in [0.29, 0.717) is 16.8 Å². The summed E-state index contributed by atoms with van der Waals surface area (Å²) in [5, 5.41) is 27.4. The maximum Gasteiger partial charge on any atom is 0.416 e. The highest BCUT2D eigenvalue weighted by molar-refractivity contribution is 5.77. The molecule has 2 atom stereocenters. The Hall–Kier alpha value is -4.19. The number of aliphatic hydroxyl groups is 1. The van der Waals surface area contributed by atoms with Crippen LogP contribution in [0.4, 0.5) is 17.6 Å². The van der Waals surface area contributed by atoms with E-state index in [0.717, 1.165) is 22.9 Å². The Labute approximate surface area is 213 Å². The monoisotopic (exact) mass is 530 g/mol. The first-order valence-corrected chi connectivity index (χ1v) is 11.6. The zero-order valence-electron chi connectivity index (χ0n) is 19.8. The molecule has 2 aromatic carbocycles. The minimum Gasteiger partial charge on any atom is -0.481 e. The number of aliphatic carboxylic acids is 1. The lowest BCUT2D eigenvalue weighted by Crippen LogP contribution is -2.32. The Morgan fingerprint density at radius 2 is 1.76 bits per heavy atom. The van der Waals surface area contributed by atoms with Gasteiger partial charge in [0.15, 0.2) is 0 Å². The first-order chi connectivity index (χ1) is 18.0. The molecule has 0 aliphatic heterocycles. The molecule has 2 N–H and O–H groups in total. The predicted molar refractivity (Wildman–Crippen MR) is 129 cm³/mol. The number of aromatic nitrogens is 4. The fraction of sp³-hybridized carbons (Fsp3) is 0.269. The number of carbonyl (C=O) groups is 1. The maximum absolute atomic E-state index is 14.1. The minimum atomic E-state index is -4.43. The maximum atomic E-state index is 14.1. The van der Waals surface area contributed by atoms with Crippen LogP contribution >= 0.6 is 0 Å². The number of hydrogen-bond acceptors (Lipinski definition) is 6. The van der Waals surface area contributed by atoms with Crippen LogP contribution in [0.15, 0.2) is 65.6 Å². The Morgan fingerprint density at radius 1 is 1.03 bits per heavy atom. The number of nitrogens with zero attached hydrogens (tertiary/aromatic N) is 4. The van der Waals surface area contributed by atoms with Gasteiger partial charge >= 0.3 is 12.1 Å². The van der Waals surface area contributed by atoms with E-state index in [4.69, 9.17) is 0 Å². The lowest BCUT2D eigenvalue weighted by atomic mass is 9.93. The lowest BCUT2D eigenvalue weighted by Gasteiger charge is -2.19. The third-order valence-corrected chi connectivity index (χ3v) is 6.20. The zero-order chi connectivity index (χ0) is 27.4. The van der Waals surface area contributed by atoms with Crippen LogP contribution in [-0.4, -0.2) is 42.3 Å². The first-order valence-electron chi connectivity index (χ1n) is 11.6. The van der Waals surface area contributed by atoms with Gasteiger partial charge in [0.1, 0.15) is 16.7 Å². The van der Waals surface area contributed by atoms with Gasteiger partial charge in [-0.25, -0.2) is 9.07 Å². The number of rotatable bonds is 9. The number of halogens is 4. The minimum absolute atomic E-state index is 0.0746. The number of benzene rings is 2. The van der Waals surface area contributed by atoms with Gasteiger partial charge < -0.3 is 10.2 Å². The van der Waals surface area contributed by atoms with E-state index in [9.17, 15) is 37.4 Å².